The molecule has 3 rings (SSSR count). The second kappa shape index (κ2) is 1.42. The summed E-state index contributed by atoms with van der Waals surface area (Å²) in [5.41, 5.74) is -0.502. The van der Waals surface area contributed by atoms with Crippen molar-refractivity contribution in [2.45, 2.75) is 12.0 Å². The van der Waals surface area contributed by atoms with Crippen molar-refractivity contribution in [3.05, 3.63) is 24.0 Å². The third-order valence-corrected chi connectivity index (χ3v) is 2.87. The van der Waals surface area contributed by atoms with E-state index >= 15 is 0 Å². The molecule has 1 fully saturated rings. The Bertz CT molecular complexity index is 290. The number of ether oxygens (including phenoxy) is 1. The molecule has 0 aromatic heterocycles. The lowest BCUT2D eigenvalue weighted by Crippen LogP contribution is -2.23. The van der Waals surface area contributed by atoms with Crippen molar-refractivity contribution in [2.75, 3.05) is 0 Å². The molecule has 3 aliphatic rings. The summed E-state index contributed by atoms with van der Waals surface area (Å²) in [6.45, 7) is 0. The number of fused-ring (bicyclic) bond motifs is 3. The van der Waals surface area contributed by atoms with Crippen LogP contribution in [-0.2, 0) is 9.53 Å². The summed E-state index contributed by atoms with van der Waals surface area (Å²) in [7, 11) is 0. The van der Waals surface area contributed by atoms with E-state index in [9.17, 15) is 4.79 Å². The summed E-state index contributed by atoms with van der Waals surface area (Å²) in [5.74, 6) is 1.77. The number of carbonyl (C=O) groups is 1. The number of rotatable bonds is 1. The summed E-state index contributed by atoms with van der Waals surface area (Å²) in [6.07, 6.45) is 8.36. The molecule has 0 spiro atoms. The Hall–Kier alpha value is -1.05. The van der Waals surface area contributed by atoms with Crippen LogP contribution >= 0.6 is 0 Å². The minimum atomic E-state index is -0.502. The van der Waals surface area contributed by atoms with Crippen molar-refractivity contribution in [1.29, 1.82) is 0 Å². The summed E-state index contributed by atoms with van der Waals surface area (Å²) in [6, 6.07) is 0. The lowest BCUT2D eigenvalue weighted by molar-refractivity contribution is -0.113. The number of allylic oxidation sites excluding steroid dienone is 2. The molecule has 1 saturated heterocycles. The molecular weight excluding hydrogens is 140 g/mol. The second-order valence-electron chi connectivity index (χ2n) is 3.40. The summed E-state index contributed by atoms with van der Waals surface area (Å²) >= 11 is 0. The highest BCUT2D eigenvalue weighted by molar-refractivity contribution is 5.77. The van der Waals surface area contributed by atoms with E-state index in [1.807, 2.05) is 0 Å². The predicted molar refractivity (Wildman–Crippen MR) is 38.7 cm³/mol. The molecule has 11 heavy (non-hydrogen) atoms. The molecular formula is C9H8O2. The first-order valence-corrected chi connectivity index (χ1v) is 3.91. The third kappa shape index (κ3) is 0.451. The fourth-order valence-corrected chi connectivity index (χ4v) is 2.21. The molecule has 56 valence electrons. The first-order valence-electron chi connectivity index (χ1n) is 3.91. The zero-order chi connectivity index (χ0) is 7.47. The van der Waals surface area contributed by atoms with Gasteiger partial charge in [-0.15, -0.1) is 0 Å². The number of aldehydes is 1. The lowest BCUT2D eigenvalue weighted by Gasteiger charge is -2.12. The number of carbonyl (C=O) groups excluding carboxylic acids is 1. The van der Waals surface area contributed by atoms with Crippen molar-refractivity contribution < 1.29 is 9.53 Å². The van der Waals surface area contributed by atoms with Crippen molar-refractivity contribution in [3.8, 4) is 0 Å². The van der Waals surface area contributed by atoms with Crippen molar-refractivity contribution in [3.63, 3.8) is 0 Å². The molecule has 1 heterocycles. The topological polar surface area (TPSA) is 29.6 Å². The summed E-state index contributed by atoms with van der Waals surface area (Å²) < 4.78 is 5.25. The maximum Gasteiger partial charge on any atom is 0.226 e. The first-order chi connectivity index (χ1) is 5.37. The lowest BCUT2D eigenvalue weighted by atomic mass is 9.91. The van der Waals surface area contributed by atoms with Gasteiger partial charge in [0.05, 0.1) is 0 Å². The molecule has 0 N–H and O–H groups in total. The predicted octanol–water partition coefficient (Wildman–Crippen LogP) is 1.04. The molecule has 0 saturated carbocycles. The fraction of sp³-hybridized carbons (Fsp3) is 0.444. The van der Waals surface area contributed by atoms with Crippen LogP contribution in [0.1, 0.15) is 6.42 Å². The van der Waals surface area contributed by atoms with Gasteiger partial charge in [0.15, 0.2) is 6.29 Å². The van der Waals surface area contributed by atoms with Gasteiger partial charge in [0.1, 0.15) is 5.76 Å². The zero-order valence-corrected chi connectivity index (χ0v) is 5.99. The summed E-state index contributed by atoms with van der Waals surface area (Å²) in [5, 5.41) is 0. The molecule has 3 atom stereocenters. The molecule has 2 aliphatic carbocycles. The Morgan fingerprint density at radius 1 is 1.73 bits per heavy atom. The molecule has 0 bridgehead atoms. The molecule has 0 amide bonds. The van der Waals surface area contributed by atoms with Crippen LogP contribution in [0, 0.1) is 11.8 Å². The van der Waals surface area contributed by atoms with E-state index in [-0.39, 0.29) is 0 Å². The van der Waals surface area contributed by atoms with Crippen LogP contribution < -0.4 is 0 Å². The van der Waals surface area contributed by atoms with Crippen LogP contribution in [0.25, 0.3) is 0 Å². The minimum Gasteiger partial charge on any atom is -0.471 e. The molecule has 2 heteroatoms. The normalized spacial score (nSPS) is 49.3. The van der Waals surface area contributed by atoms with E-state index in [1.54, 1.807) is 0 Å². The second-order valence-corrected chi connectivity index (χ2v) is 3.40. The van der Waals surface area contributed by atoms with Gasteiger partial charge >= 0.3 is 0 Å². The van der Waals surface area contributed by atoms with E-state index in [1.165, 1.54) is 0 Å². The van der Waals surface area contributed by atoms with Gasteiger partial charge in [0.25, 0.3) is 0 Å². The Kier molecular flexibility index (Phi) is 0.721. The van der Waals surface area contributed by atoms with E-state index in [0.717, 1.165) is 18.5 Å². The SMILES string of the molecule is O=CC12OC1=CC1CC=CC12. The van der Waals surface area contributed by atoms with Crippen LogP contribution in [0.5, 0.6) is 0 Å². The van der Waals surface area contributed by atoms with Crippen LogP contribution in [0.2, 0.25) is 0 Å². The van der Waals surface area contributed by atoms with Gasteiger partial charge in [-0.2, -0.15) is 0 Å². The van der Waals surface area contributed by atoms with Crippen LogP contribution in [-0.4, -0.2) is 11.9 Å². The van der Waals surface area contributed by atoms with Crippen LogP contribution in [0.3, 0.4) is 0 Å². The van der Waals surface area contributed by atoms with Gasteiger partial charge < -0.3 is 4.74 Å². The Morgan fingerprint density at radius 2 is 2.64 bits per heavy atom. The van der Waals surface area contributed by atoms with Gasteiger partial charge in [0.2, 0.25) is 5.60 Å². The van der Waals surface area contributed by atoms with E-state index < -0.39 is 5.60 Å². The maximum atomic E-state index is 10.7. The maximum absolute atomic E-state index is 10.7. The number of hydrogen-bond donors (Lipinski definition) is 0. The van der Waals surface area contributed by atoms with Gasteiger partial charge in [0, 0.05) is 5.92 Å². The average Bonchev–Trinajstić information content (AvgIpc) is 2.44. The largest absolute Gasteiger partial charge is 0.471 e. The summed E-state index contributed by atoms with van der Waals surface area (Å²) in [4.78, 5) is 10.7. The molecule has 0 aromatic carbocycles. The van der Waals surface area contributed by atoms with Gasteiger partial charge in [-0.05, 0) is 18.4 Å². The first kappa shape index (κ1) is 5.58. The quantitative estimate of drug-likeness (QED) is 0.316. The molecule has 0 aromatic rings. The van der Waals surface area contributed by atoms with Crippen LogP contribution in [0.15, 0.2) is 24.0 Å². The fourth-order valence-electron chi connectivity index (χ4n) is 2.21. The van der Waals surface area contributed by atoms with E-state index in [0.29, 0.717) is 11.8 Å². The standard InChI is InChI=1S/C9H8O2/c10-5-9-7-3-1-2-6(7)4-8(9)11-9/h1,3-7H,2H2. The average molecular weight is 148 g/mol. The molecule has 0 radical (unpaired) electrons. The number of hydrogen-bond acceptors (Lipinski definition) is 2. The van der Waals surface area contributed by atoms with Crippen molar-refractivity contribution in [1.82, 2.24) is 0 Å². The molecule has 1 aliphatic heterocycles. The molecule has 2 nitrogen and oxygen atoms in total. The van der Waals surface area contributed by atoms with Gasteiger partial charge in [-0.1, -0.05) is 12.2 Å². The van der Waals surface area contributed by atoms with E-state index in [2.05, 4.69) is 18.2 Å². The molecule has 3 unspecified atom stereocenters. The highest BCUT2D eigenvalue weighted by Gasteiger charge is 2.64. The van der Waals surface area contributed by atoms with E-state index in [4.69, 9.17) is 4.74 Å². The van der Waals surface area contributed by atoms with Crippen LogP contribution in [0.4, 0.5) is 0 Å². The monoisotopic (exact) mass is 148 g/mol. The Morgan fingerprint density at radius 3 is 3.45 bits per heavy atom. The number of epoxide rings is 1. The Balaban J connectivity index is 2.08. The van der Waals surface area contributed by atoms with Crippen molar-refractivity contribution in [2.24, 2.45) is 11.8 Å². The van der Waals surface area contributed by atoms with Gasteiger partial charge in [-0.3, -0.25) is 4.79 Å². The highest BCUT2D eigenvalue weighted by atomic mass is 16.6. The Labute approximate surface area is 64.5 Å². The minimum absolute atomic E-state index is 0.315. The highest BCUT2D eigenvalue weighted by Crippen LogP contribution is 2.57. The van der Waals surface area contributed by atoms with Crippen molar-refractivity contribution >= 4 is 6.29 Å². The van der Waals surface area contributed by atoms with Gasteiger partial charge in [-0.25, -0.2) is 0 Å². The smallest absolute Gasteiger partial charge is 0.226 e. The zero-order valence-electron chi connectivity index (χ0n) is 5.99. The third-order valence-electron chi connectivity index (χ3n) is 2.87.